The van der Waals surface area contributed by atoms with Crippen LogP contribution in [0.1, 0.15) is 17.3 Å². The predicted octanol–water partition coefficient (Wildman–Crippen LogP) is 0.732. The van der Waals surface area contributed by atoms with Crippen LogP contribution in [0.3, 0.4) is 0 Å². The fraction of sp³-hybridized carbons (Fsp3) is 0.273. The lowest BCUT2D eigenvalue weighted by Crippen LogP contribution is -2.32. The molecule has 0 saturated heterocycles. The van der Waals surface area contributed by atoms with Crippen molar-refractivity contribution < 1.29 is 19.1 Å². The van der Waals surface area contributed by atoms with Gasteiger partial charge < -0.3 is 14.8 Å². The number of carbonyl (C=O) groups is 2. The van der Waals surface area contributed by atoms with E-state index in [1.54, 1.807) is 25.1 Å². The second kappa shape index (κ2) is 4.22. The summed E-state index contributed by atoms with van der Waals surface area (Å²) in [7, 11) is 0. The van der Waals surface area contributed by atoms with Crippen molar-refractivity contribution in [3.05, 3.63) is 23.8 Å². The van der Waals surface area contributed by atoms with E-state index in [1.165, 1.54) is 0 Å². The van der Waals surface area contributed by atoms with Gasteiger partial charge in [-0.25, -0.2) is 0 Å². The van der Waals surface area contributed by atoms with Crippen molar-refractivity contribution in [3.63, 3.8) is 0 Å². The van der Waals surface area contributed by atoms with Crippen molar-refractivity contribution in [1.82, 2.24) is 5.32 Å². The van der Waals surface area contributed by atoms with Crippen LogP contribution in [0.2, 0.25) is 0 Å². The Hall–Kier alpha value is -2.04. The van der Waals surface area contributed by atoms with E-state index in [9.17, 15) is 9.59 Å². The summed E-state index contributed by atoms with van der Waals surface area (Å²) in [5, 5.41) is 2.41. The fourth-order valence-corrected chi connectivity index (χ4v) is 1.48. The fourth-order valence-electron chi connectivity index (χ4n) is 1.48. The van der Waals surface area contributed by atoms with Crippen LogP contribution in [0.25, 0.3) is 0 Å². The highest BCUT2D eigenvalue weighted by molar-refractivity contribution is 6.01. The van der Waals surface area contributed by atoms with Gasteiger partial charge >= 0.3 is 0 Å². The number of ether oxygens (including phenoxy) is 2. The molecule has 0 fully saturated rings. The zero-order valence-corrected chi connectivity index (χ0v) is 8.73. The number of benzene rings is 1. The van der Waals surface area contributed by atoms with Crippen molar-refractivity contribution in [2.24, 2.45) is 0 Å². The molecule has 16 heavy (non-hydrogen) atoms. The molecule has 1 aliphatic heterocycles. The summed E-state index contributed by atoms with van der Waals surface area (Å²) in [5.74, 6) is 1.03. The molecule has 0 aromatic heterocycles. The van der Waals surface area contributed by atoms with E-state index in [4.69, 9.17) is 9.47 Å². The molecular formula is C11H11NO4. The third-order valence-corrected chi connectivity index (χ3v) is 2.37. The number of rotatable bonds is 4. The minimum atomic E-state index is -0.544. The number of ketones is 1. The van der Waals surface area contributed by atoms with Crippen LogP contribution >= 0.6 is 0 Å². The number of carbonyl (C=O) groups excluding carboxylic acids is 2. The van der Waals surface area contributed by atoms with E-state index in [0.29, 0.717) is 23.5 Å². The van der Waals surface area contributed by atoms with Crippen LogP contribution in [-0.4, -0.2) is 25.0 Å². The van der Waals surface area contributed by atoms with Gasteiger partial charge in [0, 0.05) is 5.56 Å². The lowest BCUT2D eigenvalue weighted by Gasteiger charge is -2.09. The summed E-state index contributed by atoms with van der Waals surface area (Å²) in [4.78, 5) is 22.0. The van der Waals surface area contributed by atoms with Crippen LogP contribution < -0.4 is 14.8 Å². The topological polar surface area (TPSA) is 64.6 Å². The van der Waals surface area contributed by atoms with Crippen LogP contribution in [0.5, 0.6) is 11.5 Å². The number of fused-ring (bicyclic) bond motifs is 1. The first-order valence-corrected chi connectivity index (χ1v) is 4.86. The zero-order chi connectivity index (χ0) is 11.5. The average molecular weight is 221 g/mol. The Labute approximate surface area is 92.4 Å². The molecule has 0 radical (unpaired) electrons. The van der Waals surface area contributed by atoms with Crippen molar-refractivity contribution in [3.8, 4) is 11.5 Å². The van der Waals surface area contributed by atoms with Crippen molar-refractivity contribution in [2.45, 2.75) is 13.0 Å². The molecule has 1 aromatic carbocycles. The smallest absolute Gasteiger partial charge is 0.231 e. The van der Waals surface area contributed by atoms with E-state index >= 15 is 0 Å². The Bertz CT molecular complexity index is 430. The van der Waals surface area contributed by atoms with Gasteiger partial charge in [0.05, 0.1) is 6.04 Å². The van der Waals surface area contributed by atoms with Gasteiger partial charge in [0.25, 0.3) is 0 Å². The summed E-state index contributed by atoms with van der Waals surface area (Å²) in [5.41, 5.74) is 0.492. The molecule has 1 amide bonds. The average Bonchev–Trinajstić information content (AvgIpc) is 2.75. The van der Waals surface area contributed by atoms with E-state index in [1.807, 2.05) is 0 Å². The van der Waals surface area contributed by atoms with Crippen molar-refractivity contribution in [2.75, 3.05) is 6.79 Å². The summed E-state index contributed by atoms with van der Waals surface area (Å²) < 4.78 is 10.3. The second-order valence-electron chi connectivity index (χ2n) is 3.44. The Balaban J connectivity index is 2.21. The predicted molar refractivity (Wildman–Crippen MR) is 55.6 cm³/mol. The number of nitrogens with one attached hydrogen (secondary N) is 1. The molecular weight excluding hydrogens is 210 g/mol. The monoisotopic (exact) mass is 221 g/mol. The van der Waals surface area contributed by atoms with E-state index in [2.05, 4.69) is 5.32 Å². The number of amides is 1. The molecule has 0 spiro atoms. The maximum atomic E-state index is 11.8. The molecule has 1 aliphatic rings. The van der Waals surface area contributed by atoms with Gasteiger partial charge in [0.2, 0.25) is 13.2 Å². The SMILES string of the molecule is CC(NC=O)C(=O)c1ccc2c(c1)OCO2. The highest BCUT2D eigenvalue weighted by Gasteiger charge is 2.19. The highest BCUT2D eigenvalue weighted by atomic mass is 16.7. The van der Waals surface area contributed by atoms with Crippen LogP contribution in [0.15, 0.2) is 18.2 Å². The zero-order valence-electron chi connectivity index (χ0n) is 8.73. The molecule has 1 aromatic rings. The van der Waals surface area contributed by atoms with Crippen LogP contribution in [-0.2, 0) is 4.79 Å². The first-order valence-electron chi connectivity index (χ1n) is 4.86. The van der Waals surface area contributed by atoms with Gasteiger partial charge in [-0.15, -0.1) is 0 Å². The Morgan fingerprint density at radius 2 is 2.19 bits per heavy atom. The third-order valence-electron chi connectivity index (χ3n) is 2.37. The molecule has 0 saturated carbocycles. The molecule has 2 rings (SSSR count). The Morgan fingerprint density at radius 3 is 2.94 bits per heavy atom. The summed E-state index contributed by atoms with van der Waals surface area (Å²) in [6.45, 7) is 1.80. The minimum absolute atomic E-state index is 0.162. The van der Waals surface area contributed by atoms with Crippen molar-refractivity contribution >= 4 is 12.2 Å². The van der Waals surface area contributed by atoms with E-state index in [0.717, 1.165) is 0 Å². The Morgan fingerprint density at radius 1 is 1.44 bits per heavy atom. The van der Waals surface area contributed by atoms with Crippen LogP contribution in [0.4, 0.5) is 0 Å². The Kier molecular flexibility index (Phi) is 2.76. The maximum absolute atomic E-state index is 11.8. The normalized spacial score (nSPS) is 14.3. The van der Waals surface area contributed by atoms with Gasteiger partial charge in [-0.2, -0.15) is 0 Å². The van der Waals surface area contributed by atoms with Gasteiger partial charge in [-0.3, -0.25) is 9.59 Å². The third kappa shape index (κ3) is 1.84. The molecule has 1 atom stereocenters. The first kappa shape index (κ1) is 10.5. The summed E-state index contributed by atoms with van der Waals surface area (Å²) in [6, 6.07) is 4.41. The van der Waals surface area contributed by atoms with Crippen LogP contribution in [0, 0.1) is 0 Å². The second-order valence-corrected chi connectivity index (χ2v) is 3.44. The van der Waals surface area contributed by atoms with E-state index in [-0.39, 0.29) is 12.6 Å². The van der Waals surface area contributed by atoms with Gasteiger partial charge in [0.1, 0.15) is 0 Å². The van der Waals surface area contributed by atoms with Crippen molar-refractivity contribution in [1.29, 1.82) is 0 Å². The standard InChI is InChI=1S/C11H11NO4/c1-7(12-5-13)11(14)8-2-3-9-10(4-8)16-6-15-9/h2-5,7H,6H2,1H3,(H,12,13). The molecule has 5 heteroatoms. The number of hydrogen-bond donors (Lipinski definition) is 1. The maximum Gasteiger partial charge on any atom is 0.231 e. The quantitative estimate of drug-likeness (QED) is 0.601. The molecule has 84 valence electrons. The molecule has 1 heterocycles. The molecule has 5 nitrogen and oxygen atoms in total. The first-order chi connectivity index (χ1) is 7.72. The molecule has 1 unspecified atom stereocenters. The largest absolute Gasteiger partial charge is 0.454 e. The van der Waals surface area contributed by atoms with Gasteiger partial charge in [0.15, 0.2) is 17.3 Å². The van der Waals surface area contributed by atoms with Gasteiger partial charge in [-0.1, -0.05) is 0 Å². The summed E-state index contributed by atoms with van der Waals surface area (Å²) >= 11 is 0. The summed E-state index contributed by atoms with van der Waals surface area (Å²) in [6.07, 6.45) is 0.509. The number of hydrogen-bond acceptors (Lipinski definition) is 4. The van der Waals surface area contributed by atoms with E-state index < -0.39 is 6.04 Å². The molecule has 0 bridgehead atoms. The lowest BCUT2D eigenvalue weighted by molar-refractivity contribution is -0.109. The minimum Gasteiger partial charge on any atom is -0.454 e. The highest BCUT2D eigenvalue weighted by Crippen LogP contribution is 2.32. The molecule has 1 N–H and O–H groups in total. The lowest BCUT2D eigenvalue weighted by atomic mass is 10.1. The molecule has 0 aliphatic carbocycles. The van der Waals surface area contributed by atoms with Gasteiger partial charge in [-0.05, 0) is 25.1 Å². The number of Topliss-reactive ketones (excluding diaryl/α,β-unsaturated/α-hetero) is 1.